The number of piperazine rings is 1. The summed E-state index contributed by atoms with van der Waals surface area (Å²) in [5.41, 5.74) is 2.45. The molecule has 2 fully saturated rings. The standard InChI is InChI=1S/C17H21N3/c1-2-9-19-10-11-20(13-16(19)5-1)15-6-7-17-14(12-15)4-3-8-18-17/h3-4,6-8,12,16H,1-2,5,9-11,13H2. The third-order valence-corrected chi connectivity index (χ3v) is 4.79. The molecule has 0 N–H and O–H groups in total. The van der Waals surface area contributed by atoms with Crippen molar-refractivity contribution in [3.63, 3.8) is 0 Å². The quantitative estimate of drug-likeness (QED) is 0.792. The molecule has 4 rings (SSSR count). The molecule has 1 unspecified atom stereocenters. The van der Waals surface area contributed by atoms with E-state index in [4.69, 9.17) is 0 Å². The smallest absolute Gasteiger partial charge is 0.0703 e. The lowest BCUT2D eigenvalue weighted by Gasteiger charge is -2.45. The van der Waals surface area contributed by atoms with Crippen molar-refractivity contribution >= 4 is 16.6 Å². The molecule has 3 nitrogen and oxygen atoms in total. The number of nitrogens with zero attached hydrogens (tertiary/aromatic N) is 3. The Labute approximate surface area is 120 Å². The zero-order valence-corrected chi connectivity index (χ0v) is 11.8. The molecule has 0 bridgehead atoms. The van der Waals surface area contributed by atoms with Crippen LogP contribution in [0.5, 0.6) is 0 Å². The summed E-state index contributed by atoms with van der Waals surface area (Å²) in [6.07, 6.45) is 6.02. The molecule has 1 aromatic heterocycles. The van der Waals surface area contributed by atoms with Gasteiger partial charge in [-0.1, -0.05) is 12.5 Å². The lowest BCUT2D eigenvalue weighted by Crippen LogP contribution is -2.54. The van der Waals surface area contributed by atoms with Gasteiger partial charge in [-0.25, -0.2) is 0 Å². The van der Waals surface area contributed by atoms with Crippen LogP contribution in [-0.2, 0) is 0 Å². The fourth-order valence-electron chi connectivity index (χ4n) is 3.65. The predicted octanol–water partition coefficient (Wildman–Crippen LogP) is 2.91. The highest BCUT2D eigenvalue weighted by Crippen LogP contribution is 2.26. The van der Waals surface area contributed by atoms with Crippen molar-refractivity contribution in [2.75, 3.05) is 31.1 Å². The summed E-state index contributed by atoms with van der Waals surface area (Å²) in [6, 6.07) is 11.6. The Kier molecular flexibility index (Phi) is 3.07. The molecule has 3 heterocycles. The van der Waals surface area contributed by atoms with Crippen molar-refractivity contribution in [3.05, 3.63) is 36.5 Å². The average molecular weight is 267 g/mol. The first kappa shape index (κ1) is 12.2. The summed E-state index contributed by atoms with van der Waals surface area (Å²) in [7, 11) is 0. The Morgan fingerprint density at radius 2 is 2.05 bits per heavy atom. The minimum atomic E-state index is 0.766. The van der Waals surface area contributed by atoms with Gasteiger partial charge in [0.2, 0.25) is 0 Å². The molecular weight excluding hydrogens is 246 g/mol. The van der Waals surface area contributed by atoms with E-state index in [1.54, 1.807) is 0 Å². The number of aromatic nitrogens is 1. The van der Waals surface area contributed by atoms with E-state index in [0.29, 0.717) is 0 Å². The summed E-state index contributed by atoms with van der Waals surface area (Å²) < 4.78 is 0. The monoisotopic (exact) mass is 267 g/mol. The Balaban J connectivity index is 1.59. The SMILES string of the molecule is c1cnc2ccc(N3CCN4CCCCC4C3)cc2c1. The van der Waals surface area contributed by atoms with Crippen molar-refractivity contribution in [2.24, 2.45) is 0 Å². The second-order valence-electron chi connectivity index (χ2n) is 6.01. The fraction of sp³-hybridized carbons (Fsp3) is 0.471. The molecule has 0 saturated carbocycles. The molecule has 2 saturated heterocycles. The Bertz CT molecular complexity index is 610. The maximum Gasteiger partial charge on any atom is 0.0703 e. The molecule has 3 heteroatoms. The van der Waals surface area contributed by atoms with Gasteiger partial charge in [0.25, 0.3) is 0 Å². The van der Waals surface area contributed by atoms with Crippen molar-refractivity contribution in [3.8, 4) is 0 Å². The molecule has 1 atom stereocenters. The Morgan fingerprint density at radius 1 is 1.05 bits per heavy atom. The third kappa shape index (κ3) is 2.16. The number of rotatable bonds is 1. The van der Waals surface area contributed by atoms with Crippen LogP contribution in [-0.4, -0.2) is 42.1 Å². The van der Waals surface area contributed by atoms with Crippen LogP contribution in [0.1, 0.15) is 19.3 Å². The number of pyridine rings is 1. The second-order valence-corrected chi connectivity index (χ2v) is 6.01. The fourth-order valence-corrected chi connectivity index (χ4v) is 3.65. The van der Waals surface area contributed by atoms with Gasteiger partial charge in [0, 0.05) is 42.9 Å². The highest BCUT2D eigenvalue weighted by Gasteiger charge is 2.28. The lowest BCUT2D eigenvalue weighted by molar-refractivity contribution is 0.133. The summed E-state index contributed by atoms with van der Waals surface area (Å²) in [4.78, 5) is 9.64. The van der Waals surface area contributed by atoms with Crippen LogP contribution in [0, 0.1) is 0 Å². The van der Waals surface area contributed by atoms with Gasteiger partial charge in [0.1, 0.15) is 0 Å². The Morgan fingerprint density at radius 3 is 3.05 bits per heavy atom. The van der Waals surface area contributed by atoms with Crippen LogP contribution in [0.3, 0.4) is 0 Å². The molecular formula is C17H21N3. The normalized spacial score (nSPS) is 23.8. The van der Waals surface area contributed by atoms with Gasteiger partial charge < -0.3 is 4.90 Å². The number of anilines is 1. The molecule has 1 aromatic carbocycles. The topological polar surface area (TPSA) is 19.4 Å². The van der Waals surface area contributed by atoms with E-state index in [1.807, 2.05) is 12.3 Å². The van der Waals surface area contributed by atoms with Gasteiger partial charge in [-0.15, -0.1) is 0 Å². The van der Waals surface area contributed by atoms with Crippen LogP contribution in [0.15, 0.2) is 36.5 Å². The zero-order valence-electron chi connectivity index (χ0n) is 11.8. The molecule has 104 valence electrons. The van der Waals surface area contributed by atoms with Crippen LogP contribution in [0.4, 0.5) is 5.69 Å². The predicted molar refractivity (Wildman–Crippen MR) is 83.2 cm³/mol. The number of benzene rings is 1. The zero-order chi connectivity index (χ0) is 13.4. The third-order valence-electron chi connectivity index (χ3n) is 4.79. The van der Waals surface area contributed by atoms with Gasteiger partial charge in [0.05, 0.1) is 5.52 Å². The van der Waals surface area contributed by atoms with Crippen LogP contribution in [0.2, 0.25) is 0 Å². The molecule has 0 amide bonds. The molecule has 0 spiro atoms. The molecule has 0 aliphatic carbocycles. The highest BCUT2D eigenvalue weighted by atomic mass is 15.3. The number of hydrogen-bond donors (Lipinski definition) is 0. The summed E-state index contributed by atoms with van der Waals surface area (Å²) >= 11 is 0. The summed E-state index contributed by atoms with van der Waals surface area (Å²) in [6.45, 7) is 4.87. The average Bonchev–Trinajstić information content (AvgIpc) is 2.54. The van der Waals surface area contributed by atoms with Gasteiger partial charge >= 0.3 is 0 Å². The molecule has 20 heavy (non-hydrogen) atoms. The molecule has 0 radical (unpaired) electrons. The van der Waals surface area contributed by atoms with E-state index in [0.717, 1.165) is 18.1 Å². The maximum atomic E-state index is 4.41. The van der Waals surface area contributed by atoms with Gasteiger partial charge in [-0.05, 0) is 43.7 Å². The first-order valence-corrected chi connectivity index (χ1v) is 7.74. The summed E-state index contributed by atoms with van der Waals surface area (Å²) in [5.74, 6) is 0. The minimum absolute atomic E-state index is 0.766. The molecule has 2 aliphatic heterocycles. The number of hydrogen-bond acceptors (Lipinski definition) is 3. The lowest BCUT2D eigenvalue weighted by atomic mass is 9.99. The van der Waals surface area contributed by atoms with Crippen molar-refractivity contribution < 1.29 is 0 Å². The van der Waals surface area contributed by atoms with E-state index in [-0.39, 0.29) is 0 Å². The van der Waals surface area contributed by atoms with E-state index in [9.17, 15) is 0 Å². The number of piperidine rings is 1. The minimum Gasteiger partial charge on any atom is -0.369 e. The Hall–Kier alpha value is -1.61. The van der Waals surface area contributed by atoms with Crippen LogP contribution < -0.4 is 4.90 Å². The van der Waals surface area contributed by atoms with Gasteiger partial charge in [-0.2, -0.15) is 0 Å². The first-order chi connectivity index (χ1) is 9.90. The summed E-state index contributed by atoms with van der Waals surface area (Å²) in [5, 5.41) is 1.25. The highest BCUT2D eigenvalue weighted by molar-refractivity contribution is 5.82. The first-order valence-electron chi connectivity index (χ1n) is 7.74. The van der Waals surface area contributed by atoms with E-state index >= 15 is 0 Å². The second kappa shape index (κ2) is 5.06. The van der Waals surface area contributed by atoms with E-state index < -0.39 is 0 Å². The maximum absolute atomic E-state index is 4.41. The molecule has 2 aromatic rings. The van der Waals surface area contributed by atoms with Gasteiger partial charge in [-0.3, -0.25) is 9.88 Å². The van der Waals surface area contributed by atoms with Crippen molar-refractivity contribution in [1.29, 1.82) is 0 Å². The largest absolute Gasteiger partial charge is 0.369 e. The van der Waals surface area contributed by atoms with E-state index in [1.165, 1.54) is 50.0 Å². The number of fused-ring (bicyclic) bond motifs is 2. The van der Waals surface area contributed by atoms with Gasteiger partial charge in [0.15, 0.2) is 0 Å². The van der Waals surface area contributed by atoms with E-state index in [2.05, 4.69) is 39.0 Å². The van der Waals surface area contributed by atoms with Crippen LogP contribution in [0.25, 0.3) is 10.9 Å². The van der Waals surface area contributed by atoms with Crippen LogP contribution >= 0.6 is 0 Å². The molecule has 2 aliphatic rings. The van der Waals surface area contributed by atoms with Crippen molar-refractivity contribution in [1.82, 2.24) is 9.88 Å². The van der Waals surface area contributed by atoms with Crippen molar-refractivity contribution in [2.45, 2.75) is 25.3 Å².